The highest BCUT2D eigenvalue weighted by molar-refractivity contribution is 6.01. The van der Waals surface area contributed by atoms with Gasteiger partial charge in [0, 0.05) is 5.39 Å². The number of hydrogen-bond acceptors (Lipinski definition) is 3. The maximum atomic E-state index is 12.2. The summed E-state index contributed by atoms with van der Waals surface area (Å²) >= 11 is 0. The van der Waals surface area contributed by atoms with Gasteiger partial charge in [0.2, 0.25) is 0 Å². The summed E-state index contributed by atoms with van der Waals surface area (Å²) in [7, 11) is 0. The van der Waals surface area contributed by atoms with Crippen LogP contribution in [0.25, 0.3) is 21.9 Å². The lowest BCUT2D eigenvalue weighted by Crippen LogP contribution is -2.12. The quantitative estimate of drug-likeness (QED) is 0.250. The highest BCUT2D eigenvalue weighted by Crippen LogP contribution is 2.23. The Kier molecular flexibility index (Phi) is 5.34. The van der Waals surface area contributed by atoms with Crippen LogP contribution >= 0.6 is 0 Å². The third-order valence-corrected chi connectivity index (χ3v) is 4.70. The monoisotopic (exact) mass is 380 g/mol. The molecule has 4 heteroatoms. The minimum absolute atomic E-state index is 0.623. The molecule has 29 heavy (non-hydrogen) atoms. The minimum Gasteiger partial charge on any atom is -0.298 e. The van der Waals surface area contributed by atoms with E-state index < -0.39 is 6.09 Å². The summed E-state index contributed by atoms with van der Waals surface area (Å²) in [6, 6.07) is 31.7. The van der Waals surface area contributed by atoms with E-state index in [9.17, 15) is 4.79 Å². The Hall–Kier alpha value is -3.92. The van der Waals surface area contributed by atoms with Gasteiger partial charge in [0.05, 0.1) is 11.4 Å². The van der Waals surface area contributed by atoms with E-state index in [-0.39, 0.29) is 0 Å². The molecule has 4 aromatic rings. The summed E-state index contributed by atoms with van der Waals surface area (Å²) in [5.74, 6) is 0. The molecule has 0 atom stereocenters. The van der Waals surface area contributed by atoms with E-state index in [0.717, 1.165) is 27.5 Å². The first kappa shape index (κ1) is 18.4. The fourth-order valence-corrected chi connectivity index (χ4v) is 3.16. The first-order chi connectivity index (χ1) is 14.2. The van der Waals surface area contributed by atoms with Crippen molar-refractivity contribution < 1.29 is 9.63 Å². The molecule has 0 aliphatic rings. The first-order valence-corrected chi connectivity index (χ1v) is 9.37. The van der Waals surface area contributed by atoms with Gasteiger partial charge in [-0.3, -0.25) is 10.2 Å². The van der Waals surface area contributed by atoms with Gasteiger partial charge in [-0.1, -0.05) is 96.2 Å². The molecule has 4 rings (SSSR count). The van der Waals surface area contributed by atoms with Gasteiger partial charge in [-0.15, -0.1) is 0 Å². The zero-order valence-electron chi connectivity index (χ0n) is 16.0. The van der Waals surface area contributed by atoms with Crippen LogP contribution in [0, 0.1) is 0 Å². The van der Waals surface area contributed by atoms with Crippen LogP contribution in [-0.2, 0) is 4.84 Å². The Morgan fingerprint density at radius 1 is 0.759 bits per heavy atom. The molecule has 142 valence electrons. The number of oxime groups is 1. The predicted octanol–water partition coefficient (Wildman–Crippen LogP) is 6.48. The highest BCUT2D eigenvalue weighted by Gasteiger charge is 2.07. The number of anilines is 1. The van der Waals surface area contributed by atoms with Crippen molar-refractivity contribution in [2.75, 3.05) is 5.32 Å². The Morgan fingerprint density at radius 2 is 1.41 bits per heavy atom. The second-order valence-electron chi connectivity index (χ2n) is 6.65. The topological polar surface area (TPSA) is 50.7 Å². The van der Waals surface area contributed by atoms with Crippen molar-refractivity contribution in [3.05, 3.63) is 103 Å². The number of hydrogen-bond donors (Lipinski definition) is 1. The van der Waals surface area contributed by atoms with Gasteiger partial charge < -0.3 is 0 Å². The van der Waals surface area contributed by atoms with Crippen molar-refractivity contribution >= 4 is 28.3 Å². The normalized spacial score (nSPS) is 11.3. The van der Waals surface area contributed by atoms with Gasteiger partial charge in [-0.05, 0) is 35.1 Å². The van der Waals surface area contributed by atoms with E-state index >= 15 is 0 Å². The van der Waals surface area contributed by atoms with Crippen molar-refractivity contribution in [2.45, 2.75) is 6.92 Å². The van der Waals surface area contributed by atoms with Crippen LogP contribution in [-0.4, -0.2) is 11.8 Å². The molecule has 4 nitrogen and oxygen atoms in total. The van der Waals surface area contributed by atoms with Crippen LogP contribution in [0.3, 0.4) is 0 Å². The molecule has 0 radical (unpaired) electrons. The molecule has 0 aliphatic carbocycles. The Bertz CT molecular complexity index is 1160. The molecule has 1 amide bonds. The van der Waals surface area contributed by atoms with Crippen LogP contribution in [0.5, 0.6) is 0 Å². The lowest BCUT2D eigenvalue weighted by atomic mass is 10.0. The largest absolute Gasteiger partial charge is 0.437 e. The number of carbonyl (C=O) groups excluding carboxylic acids is 1. The summed E-state index contributed by atoms with van der Waals surface area (Å²) in [6.07, 6.45) is -0.624. The number of rotatable bonds is 4. The number of amides is 1. The zero-order valence-corrected chi connectivity index (χ0v) is 16.0. The van der Waals surface area contributed by atoms with Crippen molar-refractivity contribution in [2.24, 2.45) is 5.16 Å². The lowest BCUT2D eigenvalue weighted by molar-refractivity contribution is 0.166. The van der Waals surface area contributed by atoms with Crippen molar-refractivity contribution in [1.82, 2.24) is 0 Å². The van der Waals surface area contributed by atoms with Gasteiger partial charge in [0.15, 0.2) is 0 Å². The van der Waals surface area contributed by atoms with E-state index in [1.165, 1.54) is 0 Å². The maximum absolute atomic E-state index is 12.2. The Labute approximate surface area is 169 Å². The minimum atomic E-state index is -0.624. The summed E-state index contributed by atoms with van der Waals surface area (Å²) < 4.78 is 0. The van der Waals surface area contributed by atoms with E-state index in [2.05, 4.69) is 22.6 Å². The van der Waals surface area contributed by atoms with Crippen LogP contribution in [0.15, 0.2) is 102 Å². The molecule has 1 N–H and O–H groups in total. The molecule has 0 saturated carbocycles. The van der Waals surface area contributed by atoms with Crippen LogP contribution in [0.1, 0.15) is 12.5 Å². The van der Waals surface area contributed by atoms with Crippen molar-refractivity contribution in [1.29, 1.82) is 0 Å². The number of nitrogens with one attached hydrogen (secondary N) is 1. The zero-order chi connectivity index (χ0) is 20.1. The first-order valence-electron chi connectivity index (χ1n) is 9.37. The molecule has 0 fully saturated rings. The van der Waals surface area contributed by atoms with Crippen LogP contribution in [0.4, 0.5) is 10.5 Å². The molecule has 0 saturated heterocycles. The average Bonchev–Trinajstić information content (AvgIpc) is 2.78. The third kappa shape index (κ3) is 4.33. The molecular formula is C25H20N2O2. The predicted molar refractivity (Wildman–Crippen MR) is 118 cm³/mol. The molecule has 0 heterocycles. The van der Waals surface area contributed by atoms with Crippen molar-refractivity contribution in [3.8, 4) is 11.1 Å². The maximum Gasteiger partial charge on any atom is 0.437 e. The molecule has 0 bridgehead atoms. The SMILES string of the molecule is CC(=NOC(=O)Nc1cccc2ccccc12)c1ccc(-c2ccccc2)cc1. The Morgan fingerprint density at radius 3 is 2.21 bits per heavy atom. The highest BCUT2D eigenvalue weighted by atomic mass is 16.7. The third-order valence-electron chi connectivity index (χ3n) is 4.70. The molecule has 0 aromatic heterocycles. The fourth-order valence-electron chi connectivity index (χ4n) is 3.16. The van der Waals surface area contributed by atoms with Crippen molar-refractivity contribution in [3.63, 3.8) is 0 Å². The summed E-state index contributed by atoms with van der Waals surface area (Å²) in [4.78, 5) is 17.3. The van der Waals surface area contributed by atoms with Gasteiger partial charge in [-0.25, -0.2) is 4.79 Å². The smallest absolute Gasteiger partial charge is 0.298 e. The standard InChI is InChI=1S/C25H20N2O2/c1-18(19-14-16-21(17-15-19)20-8-3-2-4-9-20)27-29-25(28)26-24-13-7-11-22-10-5-6-12-23(22)24/h2-17H,1H3,(H,26,28). The molecule has 0 unspecified atom stereocenters. The van der Waals surface area contributed by atoms with Crippen LogP contribution < -0.4 is 5.32 Å². The second-order valence-corrected chi connectivity index (χ2v) is 6.65. The number of benzene rings is 4. The van der Waals surface area contributed by atoms with Gasteiger partial charge in [0.25, 0.3) is 0 Å². The fraction of sp³-hybridized carbons (Fsp3) is 0.0400. The summed E-state index contributed by atoms with van der Waals surface area (Å²) in [6.45, 7) is 1.81. The van der Waals surface area contributed by atoms with Crippen LogP contribution in [0.2, 0.25) is 0 Å². The van der Waals surface area contributed by atoms with Gasteiger partial charge in [0.1, 0.15) is 0 Å². The average molecular weight is 380 g/mol. The van der Waals surface area contributed by atoms with E-state index in [0.29, 0.717) is 11.4 Å². The molecule has 0 aliphatic heterocycles. The molecule has 4 aromatic carbocycles. The Balaban J connectivity index is 1.43. The van der Waals surface area contributed by atoms with E-state index in [4.69, 9.17) is 4.84 Å². The number of carbonyl (C=O) groups is 1. The van der Waals surface area contributed by atoms with Gasteiger partial charge in [-0.2, -0.15) is 0 Å². The summed E-state index contributed by atoms with van der Waals surface area (Å²) in [5.41, 5.74) is 4.48. The molecular weight excluding hydrogens is 360 g/mol. The second kappa shape index (κ2) is 8.40. The molecule has 0 spiro atoms. The number of nitrogens with zero attached hydrogens (tertiary/aromatic N) is 1. The lowest BCUT2D eigenvalue weighted by Gasteiger charge is -2.07. The summed E-state index contributed by atoms with van der Waals surface area (Å²) in [5, 5.41) is 8.72. The van der Waals surface area contributed by atoms with E-state index in [1.807, 2.05) is 91.9 Å². The van der Waals surface area contributed by atoms with Gasteiger partial charge >= 0.3 is 6.09 Å². The van der Waals surface area contributed by atoms with E-state index in [1.54, 1.807) is 0 Å². The number of fused-ring (bicyclic) bond motifs is 1.